The molecule has 0 atom stereocenters. The Hall–Kier alpha value is -0.0100. The van der Waals surface area contributed by atoms with Gasteiger partial charge in [0.1, 0.15) is 0 Å². The molecule has 8 heteroatoms. The molecule has 0 bridgehead atoms. The van der Waals surface area contributed by atoms with Crippen LogP contribution >= 0.6 is 7.82 Å². The Bertz CT molecular complexity index is 846. The van der Waals surface area contributed by atoms with E-state index in [1.807, 2.05) is 13.8 Å². The van der Waals surface area contributed by atoms with Gasteiger partial charge in [0, 0.05) is 6.54 Å². The molecule has 0 rings (SSSR count). The predicted molar refractivity (Wildman–Crippen MR) is 270 cm³/mol. The Labute approximate surface area is 384 Å². The van der Waals surface area contributed by atoms with Crippen LogP contribution in [-0.2, 0) is 18.1 Å². The quantitative estimate of drug-likeness (QED) is 0.0445. The molecule has 0 unspecified atom stereocenters. The molecule has 0 N–H and O–H groups in total. The summed E-state index contributed by atoms with van der Waals surface area (Å²) < 4.78 is 29.2. The SMILES string of the molecule is CCCCCCCCCCCCCN(CCCCCCCCCCCCC)CCCN(C)CCCN(CCCCCCCCCCCCC)CCCOP(=O)(OCC)OCC. The summed E-state index contributed by atoms with van der Waals surface area (Å²) in [5.41, 5.74) is 0. The van der Waals surface area contributed by atoms with E-state index in [1.54, 1.807) is 0 Å². The van der Waals surface area contributed by atoms with Gasteiger partial charge in [-0.25, -0.2) is 4.57 Å². The number of hydrogen-bond donors (Lipinski definition) is 0. The maximum absolute atomic E-state index is 12.8. The molecule has 0 radical (unpaired) electrons. The Kier molecular flexibility index (Phi) is 49.4. The van der Waals surface area contributed by atoms with Crippen LogP contribution in [0.5, 0.6) is 0 Å². The van der Waals surface area contributed by atoms with Crippen LogP contribution in [0.1, 0.15) is 266 Å². The van der Waals surface area contributed by atoms with Gasteiger partial charge < -0.3 is 14.7 Å². The molecule has 0 saturated carbocycles. The predicted octanol–water partition coefficient (Wildman–Crippen LogP) is 16.8. The second-order valence-electron chi connectivity index (χ2n) is 18.8. The minimum absolute atomic E-state index is 0.326. The van der Waals surface area contributed by atoms with Crippen LogP contribution in [0.3, 0.4) is 0 Å². The van der Waals surface area contributed by atoms with Crippen molar-refractivity contribution in [2.75, 3.05) is 79.2 Å². The molecule has 368 valence electrons. The van der Waals surface area contributed by atoms with Gasteiger partial charge in [0.25, 0.3) is 0 Å². The van der Waals surface area contributed by atoms with E-state index in [-0.39, 0.29) is 0 Å². The van der Waals surface area contributed by atoms with E-state index in [4.69, 9.17) is 13.6 Å². The first-order valence-corrected chi connectivity index (χ1v) is 29.1. The number of phosphoric ester groups is 1. The summed E-state index contributed by atoms with van der Waals surface area (Å²) in [5.74, 6) is 0. The lowest BCUT2D eigenvalue weighted by Gasteiger charge is -2.26. The number of phosphoric acid groups is 1. The van der Waals surface area contributed by atoms with Crippen molar-refractivity contribution in [3.05, 3.63) is 0 Å². The molecule has 0 aliphatic rings. The van der Waals surface area contributed by atoms with Crippen molar-refractivity contribution >= 4 is 7.82 Å². The first-order chi connectivity index (χ1) is 29.9. The molecule has 0 fully saturated rings. The van der Waals surface area contributed by atoms with Crippen LogP contribution in [0.4, 0.5) is 0 Å². The monoisotopic (exact) mass is 886 g/mol. The Morgan fingerprint density at radius 3 is 0.820 bits per heavy atom. The lowest BCUT2D eigenvalue weighted by atomic mass is 10.1. The Morgan fingerprint density at radius 2 is 0.541 bits per heavy atom. The van der Waals surface area contributed by atoms with Crippen LogP contribution in [0, 0.1) is 0 Å². The summed E-state index contributed by atoms with van der Waals surface area (Å²) in [5, 5.41) is 0. The molecule has 0 spiro atoms. The number of nitrogens with zero attached hydrogens (tertiary/aromatic N) is 3. The van der Waals surface area contributed by atoms with Gasteiger partial charge in [0.05, 0.1) is 19.8 Å². The van der Waals surface area contributed by atoms with Gasteiger partial charge >= 0.3 is 7.82 Å². The summed E-state index contributed by atoms with van der Waals surface area (Å²) in [6, 6.07) is 0. The van der Waals surface area contributed by atoms with Gasteiger partial charge in [0.2, 0.25) is 0 Å². The summed E-state index contributed by atoms with van der Waals surface area (Å²) in [6.07, 6.45) is 49.7. The maximum Gasteiger partial charge on any atom is 0.474 e. The average Bonchev–Trinajstić information content (AvgIpc) is 3.25. The summed E-state index contributed by atoms with van der Waals surface area (Å²) in [7, 11) is -1.11. The highest BCUT2D eigenvalue weighted by molar-refractivity contribution is 7.48. The fraction of sp³-hybridized carbons (Fsp3) is 1.00. The van der Waals surface area contributed by atoms with E-state index in [1.165, 1.54) is 251 Å². The molecule has 7 nitrogen and oxygen atoms in total. The second kappa shape index (κ2) is 49.4. The number of hydrogen-bond acceptors (Lipinski definition) is 7. The second-order valence-corrected chi connectivity index (χ2v) is 20.4. The average molecular weight is 886 g/mol. The van der Waals surface area contributed by atoms with Crippen molar-refractivity contribution in [2.24, 2.45) is 0 Å². The van der Waals surface area contributed by atoms with Crippen LogP contribution in [0.15, 0.2) is 0 Å². The van der Waals surface area contributed by atoms with Gasteiger partial charge in [-0.05, 0) is 105 Å². The maximum atomic E-state index is 12.8. The minimum atomic E-state index is -3.44. The highest BCUT2D eigenvalue weighted by Gasteiger charge is 2.25. The number of unbranched alkanes of at least 4 members (excludes halogenated alkanes) is 30. The molecule has 0 aromatic carbocycles. The fourth-order valence-electron chi connectivity index (χ4n) is 8.80. The van der Waals surface area contributed by atoms with Crippen LogP contribution in [0.25, 0.3) is 0 Å². The van der Waals surface area contributed by atoms with E-state index < -0.39 is 7.82 Å². The van der Waals surface area contributed by atoms with Gasteiger partial charge in [-0.3, -0.25) is 13.6 Å². The van der Waals surface area contributed by atoms with E-state index >= 15 is 0 Å². The molecular weight excluding hydrogens is 774 g/mol. The highest BCUT2D eigenvalue weighted by Crippen LogP contribution is 2.49. The zero-order valence-electron chi connectivity index (χ0n) is 42.7. The highest BCUT2D eigenvalue weighted by atomic mass is 31.2. The molecule has 0 aromatic rings. The molecule has 0 heterocycles. The number of rotatable bonds is 53. The summed E-state index contributed by atoms with van der Waals surface area (Å²) in [4.78, 5) is 8.02. The van der Waals surface area contributed by atoms with Crippen LogP contribution in [-0.4, -0.2) is 93.9 Å². The van der Waals surface area contributed by atoms with E-state index in [9.17, 15) is 4.57 Å². The molecule has 0 aromatic heterocycles. The fourth-order valence-corrected chi connectivity index (χ4v) is 10.0. The van der Waals surface area contributed by atoms with Crippen molar-refractivity contribution in [3.63, 3.8) is 0 Å². The zero-order valence-corrected chi connectivity index (χ0v) is 43.6. The van der Waals surface area contributed by atoms with E-state index in [0.29, 0.717) is 19.8 Å². The van der Waals surface area contributed by atoms with Gasteiger partial charge in [-0.15, -0.1) is 0 Å². The van der Waals surface area contributed by atoms with Crippen LogP contribution in [0.2, 0.25) is 0 Å². The van der Waals surface area contributed by atoms with Crippen molar-refractivity contribution < 1.29 is 18.1 Å². The van der Waals surface area contributed by atoms with Crippen molar-refractivity contribution in [1.82, 2.24) is 14.7 Å². The molecule has 61 heavy (non-hydrogen) atoms. The Balaban J connectivity index is 4.73. The Morgan fingerprint density at radius 1 is 0.295 bits per heavy atom. The van der Waals surface area contributed by atoms with Crippen LogP contribution < -0.4 is 0 Å². The van der Waals surface area contributed by atoms with Crippen molar-refractivity contribution in [3.8, 4) is 0 Å². The lowest BCUT2D eigenvalue weighted by Crippen LogP contribution is -2.32. The van der Waals surface area contributed by atoms with Crippen molar-refractivity contribution in [1.29, 1.82) is 0 Å². The van der Waals surface area contributed by atoms with Gasteiger partial charge in [0.15, 0.2) is 0 Å². The third kappa shape index (κ3) is 45.0. The zero-order chi connectivity index (χ0) is 44.6. The minimum Gasteiger partial charge on any atom is -0.306 e. The summed E-state index contributed by atoms with van der Waals surface area (Å²) >= 11 is 0. The van der Waals surface area contributed by atoms with Gasteiger partial charge in [-0.2, -0.15) is 0 Å². The van der Waals surface area contributed by atoms with Crippen molar-refractivity contribution in [2.45, 2.75) is 266 Å². The molecule has 0 aliphatic heterocycles. The normalized spacial score (nSPS) is 12.3. The molecule has 0 saturated heterocycles. The van der Waals surface area contributed by atoms with E-state index in [2.05, 4.69) is 42.5 Å². The first-order valence-electron chi connectivity index (χ1n) is 27.6. The third-order valence-electron chi connectivity index (χ3n) is 12.7. The first kappa shape index (κ1) is 61.0. The van der Waals surface area contributed by atoms with E-state index in [0.717, 1.165) is 32.6 Å². The summed E-state index contributed by atoms with van der Waals surface area (Å²) in [6.45, 7) is 21.0. The lowest BCUT2D eigenvalue weighted by molar-refractivity contribution is 0.116. The molecule has 0 aliphatic carbocycles. The van der Waals surface area contributed by atoms with Gasteiger partial charge in [-0.1, -0.05) is 213 Å². The topological polar surface area (TPSA) is 54.5 Å². The third-order valence-corrected chi connectivity index (χ3v) is 14.4. The standard InChI is InChI=1S/C53H112N3O4P/c1-7-12-15-18-21-24-27-30-33-36-39-47-55(48-40-37-34-31-28-25-22-19-16-13-8-2)50-42-45-54(6)46-43-51-56(52-44-53-60-61(57,58-10-4)59-11-5)49-41-38-35-32-29-26-23-20-17-14-9-3/h7-53H2,1-6H3. The molecular formula is C53H112N3O4P. The molecule has 0 amide bonds. The smallest absolute Gasteiger partial charge is 0.306 e. The largest absolute Gasteiger partial charge is 0.474 e.